The average molecular weight is 510 g/mol. The molecule has 3 heterocycles. The number of aliphatic hydroxyl groups excluding tert-OH is 1. The van der Waals surface area contributed by atoms with Crippen LogP contribution in [-0.4, -0.2) is 27.9 Å². The van der Waals surface area contributed by atoms with Gasteiger partial charge in [-0.1, -0.05) is 12.1 Å². The lowest BCUT2D eigenvalue weighted by Crippen LogP contribution is -2.20. The van der Waals surface area contributed by atoms with E-state index in [0.717, 1.165) is 23.3 Å². The summed E-state index contributed by atoms with van der Waals surface area (Å²) in [6.45, 7) is -0.762. The zero-order valence-electron chi connectivity index (χ0n) is 19.3. The van der Waals surface area contributed by atoms with Gasteiger partial charge in [-0.15, -0.1) is 0 Å². The molecule has 2 N–H and O–H groups in total. The van der Waals surface area contributed by atoms with Crippen LogP contribution in [0.1, 0.15) is 51.4 Å². The Kier molecular flexibility index (Phi) is 5.45. The molecule has 3 atom stereocenters. The standard InChI is InChI=1S/C27H21F3N2O5/c28-27(29,30)19-9-13(1-2-14(19)12-33)20(34)11-18-24-17-10-15(3-5-21(17)37-25(18)24)36-22-7-8-31-26-16(22)4-6-23(35)32-26/h1-3,5,7-10,18,24-25,33H,4,6,11-12H2,(H,31,32,35)/t18-,24-,25+/m0/s1. The Bertz CT molecular complexity index is 1440. The molecular weight excluding hydrogens is 489 g/mol. The zero-order valence-corrected chi connectivity index (χ0v) is 19.3. The van der Waals surface area contributed by atoms with E-state index in [1.165, 1.54) is 6.07 Å². The number of rotatable bonds is 6. The molecule has 37 heavy (non-hydrogen) atoms. The van der Waals surface area contributed by atoms with Gasteiger partial charge in [0.05, 0.1) is 12.2 Å². The maximum absolute atomic E-state index is 13.3. The SMILES string of the molecule is O=C1CCc2c(Oc3ccc4c(c3)[C@H]3[C@H](CC(=O)c5ccc(CO)c(C(F)(F)F)c5)[C@H]3O4)ccnc2N1. The Hall–Kier alpha value is -3.92. The number of hydrogen-bond donors (Lipinski definition) is 2. The molecule has 1 saturated carbocycles. The van der Waals surface area contributed by atoms with Gasteiger partial charge in [-0.3, -0.25) is 9.59 Å². The molecule has 1 aliphatic carbocycles. The van der Waals surface area contributed by atoms with Crippen LogP contribution in [0.3, 0.4) is 0 Å². The summed E-state index contributed by atoms with van der Waals surface area (Å²) in [6.07, 6.45) is -2.40. The highest BCUT2D eigenvalue weighted by Gasteiger charge is 2.59. The molecule has 1 amide bonds. The number of amides is 1. The van der Waals surface area contributed by atoms with Gasteiger partial charge in [-0.05, 0) is 42.3 Å². The van der Waals surface area contributed by atoms with Gasteiger partial charge in [-0.2, -0.15) is 13.2 Å². The Morgan fingerprint density at radius 2 is 2.00 bits per heavy atom. The van der Waals surface area contributed by atoms with Crippen molar-refractivity contribution in [3.8, 4) is 17.2 Å². The molecule has 6 rings (SSSR count). The van der Waals surface area contributed by atoms with Crippen LogP contribution in [0.25, 0.3) is 0 Å². The van der Waals surface area contributed by atoms with Crippen molar-refractivity contribution in [1.29, 1.82) is 0 Å². The van der Waals surface area contributed by atoms with Crippen molar-refractivity contribution in [2.24, 2.45) is 5.92 Å². The number of aromatic nitrogens is 1. The van der Waals surface area contributed by atoms with Crippen molar-refractivity contribution in [3.63, 3.8) is 0 Å². The van der Waals surface area contributed by atoms with Crippen molar-refractivity contribution >= 4 is 17.5 Å². The molecule has 2 aromatic carbocycles. The van der Waals surface area contributed by atoms with Crippen molar-refractivity contribution in [3.05, 3.63) is 76.5 Å². The molecule has 0 spiro atoms. The number of ketones is 1. The minimum Gasteiger partial charge on any atom is -0.489 e. The number of halogens is 3. The third kappa shape index (κ3) is 4.21. The number of pyridine rings is 1. The second-order valence-electron chi connectivity index (χ2n) is 9.41. The Morgan fingerprint density at radius 1 is 1.16 bits per heavy atom. The second-order valence-corrected chi connectivity index (χ2v) is 9.41. The van der Waals surface area contributed by atoms with Crippen molar-refractivity contribution in [1.82, 2.24) is 4.98 Å². The van der Waals surface area contributed by atoms with E-state index in [-0.39, 0.29) is 41.4 Å². The van der Waals surface area contributed by atoms with E-state index in [9.17, 15) is 27.9 Å². The number of nitrogens with zero attached hydrogens (tertiary/aromatic N) is 1. The summed E-state index contributed by atoms with van der Waals surface area (Å²) in [7, 11) is 0. The smallest absolute Gasteiger partial charge is 0.416 e. The zero-order chi connectivity index (χ0) is 25.9. The lowest BCUT2D eigenvalue weighted by Gasteiger charge is -2.19. The number of ether oxygens (including phenoxy) is 2. The second kappa shape index (κ2) is 8.58. The van der Waals surface area contributed by atoms with E-state index in [0.29, 0.717) is 35.9 Å². The van der Waals surface area contributed by atoms with E-state index < -0.39 is 24.1 Å². The average Bonchev–Trinajstić information content (AvgIpc) is 3.39. The predicted octanol–water partition coefficient (Wildman–Crippen LogP) is 5.02. The molecule has 190 valence electrons. The van der Waals surface area contributed by atoms with E-state index >= 15 is 0 Å². The molecule has 10 heteroatoms. The first-order valence-corrected chi connectivity index (χ1v) is 11.8. The van der Waals surface area contributed by atoms with Gasteiger partial charge in [0, 0.05) is 47.6 Å². The summed E-state index contributed by atoms with van der Waals surface area (Å²) in [4.78, 5) is 28.7. The predicted molar refractivity (Wildman–Crippen MR) is 125 cm³/mol. The van der Waals surface area contributed by atoms with E-state index in [1.54, 1.807) is 24.4 Å². The number of aliphatic hydroxyl groups is 1. The third-order valence-corrected chi connectivity index (χ3v) is 7.13. The van der Waals surface area contributed by atoms with Crippen LogP contribution in [0.15, 0.2) is 48.7 Å². The van der Waals surface area contributed by atoms with Crippen LogP contribution < -0.4 is 14.8 Å². The number of alkyl halides is 3. The lowest BCUT2D eigenvalue weighted by molar-refractivity contribution is -0.138. The van der Waals surface area contributed by atoms with E-state index in [2.05, 4.69) is 10.3 Å². The summed E-state index contributed by atoms with van der Waals surface area (Å²) in [5, 5.41) is 12.0. The highest BCUT2D eigenvalue weighted by molar-refractivity contribution is 5.97. The number of carbonyl (C=O) groups is 2. The highest BCUT2D eigenvalue weighted by Crippen LogP contribution is 2.60. The first kappa shape index (κ1) is 23.5. The van der Waals surface area contributed by atoms with Gasteiger partial charge >= 0.3 is 6.18 Å². The van der Waals surface area contributed by atoms with E-state index in [4.69, 9.17) is 9.47 Å². The molecule has 0 bridgehead atoms. The van der Waals surface area contributed by atoms with Crippen LogP contribution in [0, 0.1) is 5.92 Å². The molecule has 3 aliphatic rings. The van der Waals surface area contributed by atoms with Crippen LogP contribution in [0.5, 0.6) is 17.2 Å². The molecule has 0 radical (unpaired) electrons. The Balaban J connectivity index is 1.18. The molecule has 0 unspecified atom stereocenters. The number of nitrogens with one attached hydrogen (secondary N) is 1. The van der Waals surface area contributed by atoms with Crippen molar-refractivity contribution in [2.45, 2.75) is 44.1 Å². The van der Waals surface area contributed by atoms with Gasteiger partial charge < -0.3 is 19.9 Å². The first-order chi connectivity index (χ1) is 17.7. The molecule has 1 aromatic heterocycles. The van der Waals surface area contributed by atoms with Gasteiger partial charge in [0.2, 0.25) is 5.91 Å². The number of carbonyl (C=O) groups excluding carboxylic acids is 2. The fraction of sp³-hybridized carbons (Fsp3) is 0.296. The number of fused-ring (bicyclic) bond motifs is 4. The summed E-state index contributed by atoms with van der Waals surface area (Å²) >= 11 is 0. The number of hydrogen-bond acceptors (Lipinski definition) is 6. The minimum absolute atomic E-state index is 0.0404. The fourth-order valence-corrected chi connectivity index (χ4v) is 5.22. The van der Waals surface area contributed by atoms with Gasteiger partial charge in [-0.25, -0.2) is 4.98 Å². The molecule has 3 aromatic rings. The lowest BCUT2D eigenvalue weighted by atomic mass is 9.97. The molecule has 0 saturated heterocycles. The van der Waals surface area contributed by atoms with Crippen LogP contribution >= 0.6 is 0 Å². The van der Waals surface area contributed by atoms with Gasteiger partial charge in [0.1, 0.15) is 29.2 Å². The van der Waals surface area contributed by atoms with Gasteiger partial charge in [0.25, 0.3) is 0 Å². The molecular formula is C27H21F3N2O5. The third-order valence-electron chi connectivity index (χ3n) is 7.13. The summed E-state index contributed by atoms with van der Waals surface area (Å²) in [5.41, 5.74) is 0.398. The normalized spacial score (nSPS) is 21.3. The number of Topliss-reactive ketones (excluding diaryl/α,β-unsaturated/α-hetero) is 1. The largest absolute Gasteiger partial charge is 0.489 e. The summed E-state index contributed by atoms with van der Waals surface area (Å²) < 4.78 is 52.1. The quantitative estimate of drug-likeness (QED) is 0.452. The van der Waals surface area contributed by atoms with Crippen LogP contribution in [0.2, 0.25) is 0 Å². The van der Waals surface area contributed by atoms with E-state index in [1.807, 2.05) is 6.07 Å². The van der Waals surface area contributed by atoms with Crippen LogP contribution in [0.4, 0.5) is 19.0 Å². The van der Waals surface area contributed by atoms with Gasteiger partial charge in [0.15, 0.2) is 5.78 Å². The fourth-order valence-electron chi connectivity index (χ4n) is 5.22. The Labute approximate surface area is 209 Å². The maximum atomic E-state index is 13.3. The summed E-state index contributed by atoms with van der Waals surface area (Å²) in [5.74, 6) is 1.65. The first-order valence-electron chi connectivity index (χ1n) is 11.8. The minimum atomic E-state index is -4.66. The summed E-state index contributed by atoms with van der Waals surface area (Å²) in [6, 6.07) is 10.4. The molecule has 2 aliphatic heterocycles. The Morgan fingerprint density at radius 3 is 2.78 bits per heavy atom. The topological polar surface area (TPSA) is 97.8 Å². The molecule has 7 nitrogen and oxygen atoms in total. The van der Waals surface area contributed by atoms with Crippen molar-refractivity contribution in [2.75, 3.05) is 5.32 Å². The maximum Gasteiger partial charge on any atom is 0.416 e. The number of benzene rings is 2. The monoisotopic (exact) mass is 510 g/mol. The molecule has 1 fully saturated rings. The van der Waals surface area contributed by atoms with Crippen LogP contribution in [-0.2, 0) is 24.0 Å². The van der Waals surface area contributed by atoms with Crippen molar-refractivity contribution < 1.29 is 37.3 Å². The number of anilines is 1. The highest BCUT2D eigenvalue weighted by atomic mass is 19.4.